The molecule has 1 aromatic heterocycles. The van der Waals surface area contributed by atoms with E-state index in [2.05, 4.69) is 51.4 Å². The van der Waals surface area contributed by atoms with E-state index in [4.69, 9.17) is 4.74 Å². The molecule has 7 nitrogen and oxygen atoms in total. The number of morpholine rings is 1. The number of anilines is 1. The summed E-state index contributed by atoms with van der Waals surface area (Å²) in [5, 5.41) is 5.89. The highest BCUT2D eigenvalue weighted by Gasteiger charge is 2.13. The van der Waals surface area contributed by atoms with Gasteiger partial charge >= 0.3 is 6.03 Å². The topological polar surface area (TPSA) is 69.7 Å². The first-order valence-corrected chi connectivity index (χ1v) is 10.8. The van der Waals surface area contributed by atoms with Gasteiger partial charge in [0.2, 0.25) is 0 Å². The van der Waals surface area contributed by atoms with E-state index in [1.54, 1.807) is 0 Å². The molecule has 0 radical (unpaired) electrons. The summed E-state index contributed by atoms with van der Waals surface area (Å²) in [5.74, 6) is 0.963. The monoisotopic (exact) mass is 411 g/mol. The predicted octanol–water partition coefficient (Wildman–Crippen LogP) is 2.76. The van der Waals surface area contributed by atoms with Crippen molar-refractivity contribution in [2.75, 3.05) is 44.3 Å². The second-order valence-corrected chi connectivity index (χ2v) is 7.39. The summed E-state index contributed by atoms with van der Waals surface area (Å²) in [5.41, 5.74) is 3.37. The highest BCUT2D eigenvalue weighted by molar-refractivity contribution is 5.73. The molecule has 7 heteroatoms. The van der Waals surface area contributed by atoms with Crippen LogP contribution in [0.2, 0.25) is 0 Å². The highest BCUT2D eigenvalue weighted by Crippen LogP contribution is 2.13. The molecule has 1 aliphatic heterocycles. The van der Waals surface area contributed by atoms with Gasteiger partial charge in [-0.3, -0.25) is 4.90 Å². The Morgan fingerprint density at radius 2 is 1.73 bits per heavy atom. The Kier molecular flexibility index (Phi) is 8.47. The molecule has 0 saturated carbocycles. The number of hydrogen-bond acceptors (Lipinski definition) is 5. The van der Waals surface area contributed by atoms with Crippen LogP contribution in [0.5, 0.6) is 0 Å². The van der Waals surface area contributed by atoms with Crippen molar-refractivity contribution >= 4 is 11.8 Å². The minimum atomic E-state index is -0.177. The Labute approximate surface area is 179 Å². The average Bonchev–Trinajstić information content (AvgIpc) is 2.79. The maximum absolute atomic E-state index is 12.3. The minimum absolute atomic E-state index is 0.177. The molecule has 1 aliphatic rings. The summed E-state index contributed by atoms with van der Waals surface area (Å²) in [6.45, 7) is 11.4. The van der Waals surface area contributed by atoms with E-state index in [-0.39, 0.29) is 6.03 Å². The van der Waals surface area contributed by atoms with Crippen molar-refractivity contribution in [3.05, 3.63) is 59.3 Å². The van der Waals surface area contributed by atoms with Crippen LogP contribution >= 0.6 is 0 Å². The van der Waals surface area contributed by atoms with Crippen molar-refractivity contribution in [1.82, 2.24) is 20.5 Å². The smallest absolute Gasteiger partial charge is 0.315 e. The number of nitrogens with one attached hydrogen (secondary N) is 2. The van der Waals surface area contributed by atoms with Crippen molar-refractivity contribution < 1.29 is 9.53 Å². The van der Waals surface area contributed by atoms with E-state index in [1.165, 1.54) is 5.56 Å². The van der Waals surface area contributed by atoms with Crippen LogP contribution in [0.3, 0.4) is 0 Å². The Balaban J connectivity index is 1.47. The Bertz CT molecular complexity index is 786. The lowest BCUT2D eigenvalue weighted by molar-refractivity contribution is 0.0341. The third-order valence-corrected chi connectivity index (χ3v) is 5.41. The van der Waals surface area contributed by atoms with Gasteiger partial charge in [-0.05, 0) is 36.6 Å². The van der Waals surface area contributed by atoms with Crippen LogP contribution in [0.4, 0.5) is 10.6 Å². The van der Waals surface area contributed by atoms with Crippen molar-refractivity contribution in [1.29, 1.82) is 0 Å². The number of aromatic nitrogens is 1. The molecule has 162 valence electrons. The fourth-order valence-electron chi connectivity index (χ4n) is 3.56. The lowest BCUT2D eigenvalue weighted by Gasteiger charge is -2.27. The maximum Gasteiger partial charge on any atom is 0.315 e. The van der Waals surface area contributed by atoms with Gasteiger partial charge in [0.1, 0.15) is 5.82 Å². The van der Waals surface area contributed by atoms with Crippen molar-refractivity contribution in [2.45, 2.75) is 33.5 Å². The molecule has 1 fully saturated rings. The van der Waals surface area contributed by atoms with Gasteiger partial charge in [0.15, 0.2) is 0 Å². The van der Waals surface area contributed by atoms with Gasteiger partial charge in [-0.25, -0.2) is 9.78 Å². The average molecular weight is 412 g/mol. The number of hydrogen-bond donors (Lipinski definition) is 2. The number of amides is 2. The normalized spacial score (nSPS) is 14.3. The summed E-state index contributed by atoms with van der Waals surface area (Å²) in [6, 6.07) is 12.1. The number of nitrogens with zero attached hydrogens (tertiary/aromatic N) is 3. The molecule has 3 rings (SSSR count). The Morgan fingerprint density at radius 1 is 1.03 bits per heavy atom. The fourth-order valence-corrected chi connectivity index (χ4v) is 3.56. The number of urea groups is 1. The largest absolute Gasteiger partial charge is 0.379 e. The van der Waals surface area contributed by atoms with Gasteiger partial charge in [-0.15, -0.1) is 0 Å². The molecular weight excluding hydrogens is 378 g/mol. The zero-order valence-electron chi connectivity index (χ0n) is 18.1. The van der Waals surface area contributed by atoms with E-state index in [1.807, 2.05) is 30.5 Å². The van der Waals surface area contributed by atoms with Crippen molar-refractivity contribution in [3.8, 4) is 0 Å². The zero-order valence-corrected chi connectivity index (χ0v) is 18.1. The molecular formula is C23H33N5O2. The molecule has 1 aromatic carbocycles. The standard InChI is InChI=1S/C23H33N5O2/c1-3-28(4-2)22-10-9-19(15-24-22)16-25-23(29)26-17-20-7-5-6-8-21(20)18-27-11-13-30-14-12-27/h5-10,15H,3-4,11-14,16-18H2,1-2H3,(H2,25,26,29). The molecule has 2 N–H and O–H groups in total. The Hall–Kier alpha value is -2.64. The van der Waals surface area contributed by atoms with Crippen LogP contribution in [0.25, 0.3) is 0 Å². The first-order chi connectivity index (χ1) is 14.7. The summed E-state index contributed by atoms with van der Waals surface area (Å²) < 4.78 is 5.43. The third kappa shape index (κ3) is 6.43. The van der Waals surface area contributed by atoms with Crippen LogP contribution in [-0.4, -0.2) is 55.3 Å². The third-order valence-electron chi connectivity index (χ3n) is 5.41. The molecule has 2 amide bonds. The number of benzene rings is 1. The van der Waals surface area contributed by atoms with Gasteiger partial charge in [-0.2, -0.15) is 0 Å². The molecule has 1 saturated heterocycles. The Morgan fingerprint density at radius 3 is 2.40 bits per heavy atom. The van der Waals surface area contributed by atoms with E-state index in [0.717, 1.165) is 62.9 Å². The lowest BCUT2D eigenvalue weighted by Crippen LogP contribution is -2.37. The van der Waals surface area contributed by atoms with Crippen LogP contribution in [0.1, 0.15) is 30.5 Å². The van der Waals surface area contributed by atoms with Gasteiger partial charge in [0, 0.05) is 52.0 Å². The number of carbonyl (C=O) groups excluding carboxylic acids is 1. The van der Waals surface area contributed by atoms with E-state index in [0.29, 0.717) is 13.1 Å². The molecule has 0 bridgehead atoms. The van der Waals surface area contributed by atoms with E-state index < -0.39 is 0 Å². The molecule has 0 aliphatic carbocycles. The lowest BCUT2D eigenvalue weighted by atomic mass is 10.1. The molecule has 2 aromatic rings. The highest BCUT2D eigenvalue weighted by atomic mass is 16.5. The van der Waals surface area contributed by atoms with Gasteiger partial charge in [-0.1, -0.05) is 30.3 Å². The van der Waals surface area contributed by atoms with Crippen molar-refractivity contribution in [2.24, 2.45) is 0 Å². The quantitative estimate of drug-likeness (QED) is 0.664. The number of carbonyl (C=O) groups is 1. The minimum Gasteiger partial charge on any atom is -0.379 e. The van der Waals surface area contributed by atoms with Crippen LogP contribution in [0, 0.1) is 0 Å². The molecule has 0 atom stereocenters. The fraction of sp³-hybridized carbons (Fsp3) is 0.478. The first-order valence-electron chi connectivity index (χ1n) is 10.8. The summed E-state index contributed by atoms with van der Waals surface area (Å²) in [6.07, 6.45) is 1.82. The summed E-state index contributed by atoms with van der Waals surface area (Å²) >= 11 is 0. The van der Waals surface area contributed by atoms with E-state index >= 15 is 0 Å². The number of pyridine rings is 1. The van der Waals surface area contributed by atoms with Crippen LogP contribution in [-0.2, 0) is 24.4 Å². The number of rotatable bonds is 9. The second-order valence-electron chi connectivity index (χ2n) is 7.39. The van der Waals surface area contributed by atoms with E-state index in [9.17, 15) is 4.79 Å². The van der Waals surface area contributed by atoms with Gasteiger partial charge in [0.25, 0.3) is 0 Å². The summed E-state index contributed by atoms with van der Waals surface area (Å²) in [4.78, 5) is 21.4. The second kappa shape index (κ2) is 11.5. The SMILES string of the molecule is CCN(CC)c1ccc(CNC(=O)NCc2ccccc2CN2CCOCC2)cn1. The maximum atomic E-state index is 12.3. The first kappa shape index (κ1) is 22.1. The molecule has 30 heavy (non-hydrogen) atoms. The molecule has 0 spiro atoms. The number of ether oxygens (including phenoxy) is 1. The van der Waals surface area contributed by atoms with Crippen LogP contribution < -0.4 is 15.5 Å². The molecule has 0 unspecified atom stereocenters. The molecule has 2 heterocycles. The summed E-state index contributed by atoms with van der Waals surface area (Å²) in [7, 11) is 0. The predicted molar refractivity (Wildman–Crippen MR) is 119 cm³/mol. The van der Waals surface area contributed by atoms with Crippen LogP contribution in [0.15, 0.2) is 42.6 Å². The zero-order chi connectivity index (χ0) is 21.2. The van der Waals surface area contributed by atoms with Gasteiger partial charge in [0.05, 0.1) is 13.2 Å². The van der Waals surface area contributed by atoms with Crippen molar-refractivity contribution in [3.63, 3.8) is 0 Å². The van der Waals surface area contributed by atoms with Gasteiger partial charge < -0.3 is 20.3 Å².